The molecule has 116 valence electrons. The molecule has 4 nitrogen and oxygen atoms in total. The lowest BCUT2D eigenvalue weighted by Crippen LogP contribution is -2.34. The third-order valence-corrected chi connectivity index (χ3v) is 2.90. The summed E-state index contributed by atoms with van der Waals surface area (Å²) in [4.78, 5) is 10.7. The van der Waals surface area contributed by atoms with Gasteiger partial charge in [0.05, 0.1) is 6.61 Å². The number of hydrogen-bond donors (Lipinski definition) is 0. The van der Waals surface area contributed by atoms with Gasteiger partial charge >= 0.3 is 0 Å². The molecule has 1 aromatic rings. The summed E-state index contributed by atoms with van der Waals surface area (Å²) in [6.07, 6.45) is 4.15. The second-order valence-corrected chi connectivity index (χ2v) is 4.34. The topological polar surface area (TPSA) is 38.2 Å². The van der Waals surface area contributed by atoms with Crippen LogP contribution < -0.4 is 9.64 Å². The molecule has 2 rings (SSSR count). The quantitative estimate of drug-likeness (QED) is 0.833. The Labute approximate surface area is 124 Å². The predicted octanol–water partition coefficient (Wildman–Crippen LogP) is 4.16. The summed E-state index contributed by atoms with van der Waals surface area (Å²) in [5, 5.41) is 0. The minimum Gasteiger partial charge on any atom is -0.478 e. The van der Waals surface area contributed by atoms with Crippen molar-refractivity contribution < 1.29 is 4.74 Å². The average molecular weight is 281 g/mol. The van der Waals surface area contributed by atoms with Crippen molar-refractivity contribution in [2.45, 2.75) is 54.4 Å². The molecule has 0 N–H and O–H groups in total. The highest BCUT2D eigenvalue weighted by atomic mass is 16.5. The van der Waals surface area contributed by atoms with Crippen LogP contribution in [0.5, 0.6) is 5.88 Å². The lowest BCUT2D eigenvalue weighted by Gasteiger charge is -2.31. The van der Waals surface area contributed by atoms with Gasteiger partial charge in [-0.3, -0.25) is 0 Å². The highest BCUT2D eigenvalue weighted by molar-refractivity contribution is 5.41. The van der Waals surface area contributed by atoms with Crippen LogP contribution in [0.15, 0.2) is 12.4 Å². The van der Waals surface area contributed by atoms with Gasteiger partial charge in [-0.25, -0.2) is 9.97 Å². The SMILES string of the molecule is CC.CC.CCOc1cc(N2CCCC(C)C2)ncn1. The van der Waals surface area contributed by atoms with Crippen molar-refractivity contribution in [1.82, 2.24) is 9.97 Å². The van der Waals surface area contributed by atoms with Crippen LogP contribution in [0.1, 0.15) is 54.4 Å². The van der Waals surface area contributed by atoms with Crippen LogP contribution in [0.3, 0.4) is 0 Å². The molecular weight excluding hydrogens is 250 g/mol. The molecule has 0 radical (unpaired) electrons. The first kappa shape index (κ1) is 18.7. The van der Waals surface area contributed by atoms with Crippen LogP contribution in [0.4, 0.5) is 5.82 Å². The monoisotopic (exact) mass is 281 g/mol. The number of hydrogen-bond acceptors (Lipinski definition) is 4. The summed E-state index contributed by atoms with van der Waals surface area (Å²) in [6.45, 7) is 15.1. The second kappa shape index (κ2) is 11.5. The molecule has 1 aliphatic heterocycles. The number of nitrogens with zero attached hydrogens (tertiary/aromatic N) is 3. The van der Waals surface area contributed by atoms with Gasteiger partial charge in [0.25, 0.3) is 0 Å². The molecule has 4 heteroatoms. The second-order valence-electron chi connectivity index (χ2n) is 4.34. The van der Waals surface area contributed by atoms with Gasteiger partial charge in [0.15, 0.2) is 0 Å². The van der Waals surface area contributed by atoms with Crippen molar-refractivity contribution in [2.75, 3.05) is 24.6 Å². The molecule has 20 heavy (non-hydrogen) atoms. The molecular formula is C16H31N3O. The molecule has 1 fully saturated rings. The molecule has 1 saturated heterocycles. The number of ether oxygens (including phenoxy) is 1. The maximum Gasteiger partial charge on any atom is 0.218 e. The van der Waals surface area contributed by atoms with Crippen molar-refractivity contribution in [3.05, 3.63) is 12.4 Å². The molecule has 1 unspecified atom stereocenters. The van der Waals surface area contributed by atoms with Crippen molar-refractivity contribution in [3.8, 4) is 5.88 Å². The Morgan fingerprint density at radius 1 is 1.25 bits per heavy atom. The van der Waals surface area contributed by atoms with E-state index in [-0.39, 0.29) is 0 Å². The van der Waals surface area contributed by atoms with Crippen LogP contribution in [-0.4, -0.2) is 29.7 Å². The van der Waals surface area contributed by atoms with Crippen molar-refractivity contribution in [3.63, 3.8) is 0 Å². The fourth-order valence-corrected chi connectivity index (χ4v) is 2.13. The molecule has 0 aromatic carbocycles. The van der Waals surface area contributed by atoms with Gasteiger partial charge in [-0.15, -0.1) is 0 Å². The Kier molecular flexibility index (Phi) is 10.7. The van der Waals surface area contributed by atoms with Crippen LogP contribution >= 0.6 is 0 Å². The van der Waals surface area contributed by atoms with E-state index >= 15 is 0 Å². The minimum absolute atomic E-state index is 0.646. The summed E-state index contributed by atoms with van der Waals surface area (Å²) >= 11 is 0. The van der Waals surface area contributed by atoms with Gasteiger partial charge in [0, 0.05) is 19.2 Å². The van der Waals surface area contributed by atoms with E-state index < -0.39 is 0 Å². The maximum absolute atomic E-state index is 5.39. The van der Waals surface area contributed by atoms with Gasteiger partial charge in [0.1, 0.15) is 12.1 Å². The summed E-state index contributed by atoms with van der Waals surface area (Å²) in [6, 6.07) is 1.93. The van der Waals surface area contributed by atoms with E-state index in [0.29, 0.717) is 12.5 Å². The minimum atomic E-state index is 0.646. The van der Waals surface area contributed by atoms with E-state index in [2.05, 4.69) is 21.8 Å². The third kappa shape index (κ3) is 6.22. The fraction of sp³-hybridized carbons (Fsp3) is 0.750. The predicted molar refractivity (Wildman–Crippen MR) is 86.5 cm³/mol. The lowest BCUT2D eigenvalue weighted by molar-refractivity contribution is 0.326. The zero-order chi connectivity index (χ0) is 15.4. The van der Waals surface area contributed by atoms with Crippen molar-refractivity contribution >= 4 is 5.82 Å². The Morgan fingerprint density at radius 2 is 1.95 bits per heavy atom. The summed E-state index contributed by atoms with van der Waals surface area (Å²) in [5.74, 6) is 2.41. The smallest absolute Gasteiger partial charge is 0.218 e. The standard InChI is InChI=1S/C12H19N3O.2C2H6/c1-3-16-12-7-11(13-9-14-12)15-6-4-5-10(2)8-15;2*1-2/h7,9-10H,3-6,8H2,1-2H3;2*1-2H3. The van der Waals surface area contributed by atoms with Gasteiger partial charge in [-0.1, -0.05) is 34.6 Å². The third-order valence-electron chi connectivity index (χ3n) is 2.90. The number of aromatic nitrogens is 2. The van der Waals surface area contributed by atoms with Crippen LogP contribution in [-0.2, 0) is 0 Å². The van der Waals surface area contributed by atoms with E-state index in [0.717, 1.165) is 24.8 Å². The van der Waals surface area contributed by atoms with Crippen molar-refractivity contribution in [2.24, 2.45) is 5.92 Å². The highest BCUT2D eigenvalue weighted by Crippen LogP contribution is 2.22. The maximum atomic E-state index is 5.39. The van der Waals surface area contributed by atoms with E-state index in [9.17, 15) is 0 Å². The molecule has 0 saturated carbocycles. The molecule has 1 atom stereocenters. The zero-order valence-electron chi connectivity index (χ0n) is 14.0. The summed E-state index contributed by atoms with van der Waals surface area (Å²) < 4.78 is 5.39. The first-order valence-electron chi connectivity index (χ1n) is 7.99. The Bertz CT molecular complexity index is 344. The molecule has 1 aromatic heterocycles. The molecule has 1 aliphatic rings. The molecule has 0 amide bonds. The van der Waals surface area contributed by atoms with Gasteiger partial charge in [-0.2, -0.15) is 0 Å². The highest BCUT2D eigenvalue weighted by Gasteiger charge is 2.17. The lowest BCUT2D eigenvalue weighted by atomic mass is 10.0. The Morgan fingerprint density at radius 3 is 2.55 bits per heavy atom. The number of rotatable bonds is 3. The summed E-state index contributed by atoms with van der Waals surface area (Å²) in [7, 11) is 0. The van der Waals surface area contributed by atoms with Crippen LogP contribution in [0.25, 0.3) is 0 Å². The number of anilines is 1. The van der Waals surface area contributed by atoms with E-state index in [1.54, 1.807) is 6.33 Å². The fourth-order valence-electron chi connectivity index (χ4n) is 2.13. The van der Waals surface area contributed by atoms with Crippen LogP contribution in [0.2, 0.25) is 0 Å². The molecule has 0 aliphatic carbocycles. The average Bonchev–Trinajstić information content (AvgIpc) is 2.52. The molecule has 2 heterocycles. The van der Waals surface area contributed by atoms with E-state index in [1.807, 2.05) is 40.7 Å². The Hall–Kier alpha value is -1.32. The first-order chi connectivity index (χ1) is 9.79. The van der Waals surface area contributed by atoms with E-state index in [4.69, 9.17) is 4.74 Å². The Balaban J connectivity index is 0.000000829. The van der Waals surface area contributed by atoms with E-state index in [1.165, 1.54) is 12.8 Å². The van der Waals surface area contributed by atoms with Crippen LogP contribution in [0, 0.1) is 5.92 Å². The first-order valence-corrected chi connectivity index (χ1v) is 7.99. The van der Waals surface area contributed by atoms with Gasteiger partial charge in [-0.05, 0) is 25.7 Å². The zero-order valence-corrected chi connectivity index (χ0v) is 14.0. The van der Waals surface area contributed by atoms with Gasteiger partial charge < -0.3 is 9.64 Å². The normalized spacial score (nSPS) is 17.3. The molecule has 0 bridgehead atoms. The summed E-state index contributed by atoms with van der Waals surface area (Å²) in [5.41, 5.74) is 0. The van der Waals surface area contributed by atoms with Crippen molar-refractivity contribution in [1.29, 1.82) is 0 Å². The largest absolute Gasteiger partial charge is 0.478 e. The number of piperidine rings is 1. The van der Waals surface area contributed by atoms with Gasteiger partial charge in [0.2, 0.25) is 5.88 Å². The molecule has 0 spiro atoms.